The van der Waals surface area contributed by atoms with Crippen molar-refractivity contribution in [3.63, 3.8) is 0 Å². The second-order valence-electron chi connectivity index (χ2n) is 6.16. The van der Waals surface area contributed by atoms with Gasteiger partial charge in [-0.3, -0.25) is 15.1 Å². The molecular formula is C16H23N5. The topological polar surface area (TPSA) is 57.7 Å². The maximum Gasteiger partial charge on any atom is 0.0916 e. The minimum absolute atomic E-state index is 0.667. The summed E-state index contributed by atoms with van der Waals surface area (Å²) >= 11 is 0. The Morgan fingerprint density at radius 1 is 1.19 bits per heavy atom. The van der Waals surface area contributed by atoms with Gasteiger partial charge in [-0.1, -0.05) is 0 Å². The highest BCUT2D eigenvalue weighted by Crippen LogP contribution is 2.22. The van der Waals surface area contributed by atoms with Gasteiger partial charge < -0.3 is 4.90 Å². The van der Waals surface area contributed by atoms with E-state index >= 15 is 0 Å². The first kappa shape index (κ1) is 14.2. The molecule has 2 aromatic rings. The zero-order valence-electron chi connectivity index (χ0n) is 12.8. The molecule has 0 aromatic carbocycles. The Kier molecular flexibility index (Phi) is 4.29. The molecule has 0 aliphatic carbocycles. The number of H-pyrrole nitrogens is 1. The Bertz CT molecular complexity index is 539. The highest BCUT2D eigenvalue weighted by Gasteiger charge is 2.21. The lowest BCUT2D eigenvalue weighted by atomic mass is 9.92. The van der Waals surface area contributed by atoms with E-state index in [1.807, 2.05) is 18.6 Å². The molecule has 0 bridgehead atoms. The highest BCUT2D eigenvalue weighted by atomic mass is 15.1. The third-order valence-corrected chi connectivity index (χ3v) is 4.38. The van der Waals surface area contributed by atoms with Crippen LogP contribution in [0, 0.1) is 5.92 Å². The molecule has 0 atom stereocenters. The molecule has 1 N–H and O–H groups in total. The van der Waals surface area contributed by atoms with Crippen molar-refractivity contribution >= 4 is 0 Å². The summed E-state index contributed by atoms with van der Waals surface area (Å²) in [5, 5.41) is 6.74. The molecule has 0 saturated carbocycles. The van der Waals surface area contributed by atoms with Gasteiger partial charge in [-0.2, -0.15) is 5.10 Å². The summed E-state index contributed by atoms with van der Waals surface area (Å²) in [7, 11) is 0. The Morgan fingerprint density at radius 2 is 2.00 bits per heavy atom. The van der Waals surface area contributed by atoms with Gasteiger partial charge >= 0.3 is 0 Å². The standard InChI is InChI=1S/C16H23N5/c1-12(2)21-5-3-13(4-6-21)7-15-10-18-16(11-17-15)14-8-19-20-9-14/h8-13H,3-7H2,1-2H3,(H,19,20). The molecule has 0 spiro atoms. The van der Waals surface area contributed by atoms with Crippen LogP contribution in [0.1, 0.15) is 32.4 Å². The Hall–Kier alpha value is -1.75. The quantitative estimate of drug-likeness (QED) is 0.938. The maximum absolute atomic E-state index is 4.57. The normalized spacial score (nSPS) is 17.5. The van der Waals surface area contributed by atoms with Gasteiger partial charge in [0.05, 0.1) is 23.8 Å². The summed E-state index contributed by atoms with van der Waals surface area (Å²) in [6, 6.07) is 0.667. The Balaban J connectivity index is 1.57. The van der Waals surface area contributed by atoms with Crippen LogP contribution in [-0.2, 0) is 6.42 Å². The van der Waals surface area contributed by atoms with E-state index in [2.05, 4.69) is 38.9 Å². The van der Waals surface area contributed by atoms with Crippen LogP contribution in [0.15, 0.2) is 24.8 Å². The van der Waals surface area contributed by atoms with E-state index in [1.54, 1.807) is 6.20 Å². The average Bonchev–Trinajstić information content (AvgIpc) is 3.03. The van der Waals surface area contributed by atoms with E-state index in [0.717, 1.165) is 29.3 Å². The predicted molar refractivity (Wildman–Crippen MR) is 82.8 cm³/mol. The van der Waals surface area contributed by atoms with Gasteiger partial charge in [-0.05, 0) is 52.1 Å². The molecule has 1 fully saturated rings. The van der Waals surface area contributed by atoms with Crippen molar-refractivity contribution in [2.24, 2.45) is 5.92 Å². The monoisotopic (exact) mass is 285 g/mol. The van der Waals surface area contributed by atoms with Crippen molar-refractivity contribution in [3.8, 4) is 11.3 Å². The van der Waals surface area contributed by atoms with Gasteiger partial charge in [0.2, 0.25) is 0 Å². The summed E-state index contributed by atoms with van der Waals surface area (Å²) in [4.78, 5) is 11.6. The molecule has 5 heteroatoms. The first-order chi connectivity index (χ1) is 10.2. The first-order valence-electron chi connectivity index (χ1n) is 7.76. The van der Waals surface area contributed by atoms with Crippen LogP contribution < -0.4 is 0 Å². The van der Waals surface area contributed by atoms with Gasteiger partial charge in [-0.25, -0.2) is 0 Å². The van der Waals surface area contributed by atoms with Crippen LogP contribution in [0.5, 0.6) is 0 Å². The molecule has 3 rings (SSSR count). The summed E-state index contributed by atoms with van der Waals surface area (Å²) in [6.07, 6.45) is 11.0. The molecule has 2 aromatic heterocycles. The fourth-order valence-corrected chi connectivity index (χ4v) is 2.97. The number of aromatic nitrogens is 4. The molecule has 112 valence electrons. The Morgan fingerprint density at radius 3 is 2.57 bits per heavy atom. The second-order valence-corrected chi connectivity index (χ2v) is 6.16. The number of nitrogens with one attached hydrogen (secondary N) is 1. The van der Waals surface area contributed by atoms with Crippen molar-refractivity contribution in [1.82, 2.24) is 25.1 Å². The van der Waals surface area contributed by atoms with E-state index in [-0.39, 0.29) is 0 Å². The Labute approximate surface area is 125 Å². The van der Waals surface area contributed by atoms with Crippen molar-refractivity contribution in [2.45, 2.75) is 39.2 Å². The molecule has 0 amide bonds. The average molecular weight is 285 g/mol. The SMILES string of the molecule is CC(C)N1CCC(Cc2cnc(-c3cn[nH]c3)cn2)CC1. The van der Waals surface area contributed by atoms with Crippen LogP contribution >= 0.6 is 0 Å². The zero-order valence-corrected chi connectivity index (χ0v) is 12.8. The predicted octanol–water partition coefficient (Wildman–Crippen LogP) is 2.53. The van der Waals surface area contributed by atoms with Gasteiger partial charge in [0.1, 0.15) is 0 Å². The minimum atomic E-state index is 0.667. The van der Waals surface area contributed by atoms with E-state index in [1.165, 1.54) is 25.9 Å². The third-order valence-electron chi connectivity index (χ3n) is 4.38. The molecule has 5 nitrogen and oxygen atoms in total. The van der Waals surface area contributed by atoms with Crippen molar-refractivity contribution in [2.75, 3.05) is 13.1 Å². The third kappa shape index (κ3) is 3.47. The zero-order chi connectivity index (χ0) is 14.7. The van der Waals surface area contributed by atoms with Gasteiger partial charge in [0.15, 0.2) is 0 Å². The van der Waals surface area contributed by atoms with Crippen LogP contribution in [0.25, 0.3) is 11.3 Å². The molecule has 1 aliphatic rings. The molecule has 0 radical (unpaired) electrons. The van der Waals surface area contributed by atoms with E-state index in [9.17, 15) is 0 Å². The van der Waals surface area contributed by atoms with Crippen LogP contribution in [0.2, 0.25) is 0 Å². The molecule has 21 heavy (non-hydrogen) atoms. The van der Waals surface area contributed by atoms with E-state index < -0.39 is 0 Å². The fraction of sp³-hybridized carbons (Fsp3) is 0.562. The lowest BCUT2D eigenvalue weighted by Crippen LogP contribution is -2.38. The first-order valence-corrected chi connectivity index (χ1v) is 7.76. The van der Waals surface area contributed by atoms with Gasteiger partial charge in [-0.15, -0.1) is 0 Å². The molecule has 0 unspecified atom stereocenters. The fourth-order valence-electron chi connectivity index (χ4n) is 2.97. The van der Waals surface area contributed by atoms with Crippen molar-refractivity contribution in [1.29, 1.82) is 0 Å². The summed E-state index contributed by atoms with van der Waals surface area (Å²) in [5.74, 6) is 0.745. The number of hydrogen-bond donors (Lipinski definition) is 1. The smallest absolute Gasteiger partial charge is 0.0916 e. The summed E-state index contributed by atoms with van der Waals surface area (Å²) in [6.45, 7) is 6.98. The minimum Gasteiger partial charge on any atom is -0.301 e. The number of rotatable bonds is 4. The van der Waals surface area contributed by atoms with Crippen LogP contribution in [0.4, 0.5) is 0 Å². The van der Waals surface area contributed by atoms with E-state index in [0.29, 0.717) is 6.04 Å². The number of piperidine rings is 1. The lowest BCUT2D eigenvalue weighted by molar-refractivity contribution is 0.149. The second kappa shape index (κ2) is 6.35. The highest BCUT2D eigenvalue weighted by molar-refractivity contribution is 5.55. The summed E-state index contributed by atoms with van der Waals surface area (Å²) in [5.41, 5.74) is 2.96. The summed E-state index contributed by atoms with van der Waals surface area (Å²) < 4.78 is 0. The largest absolute Gasteiger partial charge is 0.301 e. The van der Waals surface area contributed by atoms with Crippen LogP contribution in [-0.4, -0.2) is 44.2 Å². The molecule has 3 heterocycles. The number of aromatic amines is 1. The lowest BCUT2D eigenvalue weighted by Gasteiger charge is -2.34. The molecule has 1 aliphatic heterocycles. The van der Waals surface area contributed by atoms with Gasteiger partial charge in [0, 0.05) is 24.0 Å². The number of likely N-dealkylation sites (tertiary alicyclic amines) is 1. The van der Waals surface area contributed by atoms with Gasteiger partial charge in [0.25, 0.3) is 0 Å². The number of nitrogens with zero attached hydrogens (tertiary/aromatic N) is 4. The number of hydrogen-bond acceptors (Lipinski definition) is 4. The molecule has 1 saturated heterocycles. The van der Waals surface area contributed by atoms with Crippen LogP contribution in [0.3, 0.4) is 0 Å². The molecular weight excluding hydrogens is 262 g/mol. The van der Waals surface area contributed by atoms with E-state index in [4.69, 9.17) is 0 Å². The maximum atomic E-state index is 4.57. The van der Waals surface area contributed by atoms with Crippen molar-refractivity contribution in [3.05, 3.63) is 30.5 Å². The van der Waals surface area contributed by atoms with Crippen molar-refractivity contribution < 1.29 is 0 Å².